The molecule has 3 aromatic rings. The van der Waals surface area contributed by atoms with E-state index in [9.17, 15) is 8.78 Å². The molecule has 4 rings (SSSR count). The van der Waals surface area contributed by atoms with Crippen LogP contribution < -0.4 is 5.32 Å². The number of aryl methyl sites for hydroxylation is 1. The number of aromatic amines is 1. The van der Waals surface area contributed by atoms with Gasteiger partial charge in [0.05, 0.1) is 5.39 Å². The summed E-state index contributed by atoms with van der Waals surface area (Å²) in [6, 6.07) is 7.04. The predicted molar refractivity (Wildman–Crippen MR) is 75.6 cm³/mol. The Balaban J connectivity index is 1.78. The van der Waals surface area contributed by atoms with Crippen molar-refractivity contribution in [1.82, 2.24) is 15.2 Å². The van der Waals surface area contributed by atoms with E-state index in [1.165, 1.54) is 11.1 Å². The number of fused-ring (bicyclic) bond motifs is 2. The number of hydrogen-bond donors (Lipinski definition) is 2. The number of nitrogens with one attached hydrogen (secondary N) is 2. The molecule has 0 amide bonds. The Hall–Kier alpha value is -2.50. The third kappa shape index (κ3) is 1.94. The van der Waals surface area contributed by atoms with E-state index >= 15 is 0 Å². The molecule has 21 heavy (non-hydrogen) atoms. The molecule has 0 radical (unpaired) electrons. The number of aromatic nitrogens is 3. The van der Waals surface area contributed by atoms with Crippen LogP contribution >= 0.6 is 0 Å². The minimum Gasteiger partial charge on any atom is -0.337 e. The first kappa shape index (κ1) is 12.3. The first-order valence-corrected chi connectivity index (χ1v) is 6.80. The zero-order valence-corrected chi connectivity index (χ0v) is 11.1. The standard InChI is InChI=1S/C15H12F2N4/c16-11-7-10-13(17)20-21-14(10)19-15(11)18-12-6-2-4-8-3-1-5-9(8)12/h2,4,6-7H,1,3,5H2,(H2,18,19,20,21). The van der Waals surface area contributed by atoms with Crippen molar-refractivity contribution in [3.05, 3.63) is 47.2 Å². The summed E-state index contributed by atoms with van der Waals surface area (Å²) in [4.78, 5) is 4.05. The fourth-order valence-electron chi connectivity index (χ4n) is 2.84. The molecule has 0 aliphatic heterocycles. The summed E-state index contributed by atoms with van der Waals surface area (Å²) in [5.74, 6) is -1.21. The van der Waals surface area contributed by atoms with Gasteiger partial charge in [-0.2, -0.15) is 9.49 Å². The van der Waals surface area contributed by atoms with Gasteiger partial charge in [0.1, 0.15) is 0 Å². The monoisotopic (exact) mass is 286 g/mol. The molecule has 0 fully saturated rings. The fourth-order valence-corrected chi connectivity index (χ4v) is 2.84. The van der Waals surface area contributed by atoms with Gasteiger partial charge in [0.15, 0.2) is 17.3 Å². The molecular weight excluding hydrogens is 274 g/mol. The Morgan fingerprint density at radius 1 is 1.19 bits per heavy atom. The molecule has 6 heteroatoms. The van der Waals surface area contributed by atoms with Crippen LogP contribution in [-0.2, 0) is 12.8 Å². The first-order valence-electron chi connectivity index (χ1n) is 6.80. The molecular formula is C15H12F2N4. The number of halogens is 2. The molecule has 1 aromatic carbocycles. The molecule has 1 aliphatic rings. The Bertz CT molecular complexity index is 841. The van der Waals surface area contributed by atoms with Crippen LogP contribution in [0.15, 0.2) is 24.3 Å². The highest BCUT2D eigenvalue weighted by Gasteiger charge is 2.17. The van der Waals surface area contributed by atoms with Crippen LogP contribution in [0, 0.1) is 11.8 Å². The zero-order valence-electron chi connectivity index (χ0n) is 11.1. The van der Waals surface area contributed by atoms with E-state index in [1.54, 1.807) is 0 Å². The van der Waals surface area contributed by atoms with Crippen molar-refractivity contribution >= 4 is 22.5 Å². The molecule has 0 unspecified atom stereocenters. The van der Waals surface area contributed by atoms with Crippen LogP contribution in [-0.4, -0.2) is 15.2 Å². The molecule has 0 atom stereocenters. The average molecular weight is 286 g/mol. The van der Waals surface area contributed by atoms with Gasteiger partial charge in [-0.25, -0.2) is 9.37 Å². The quantitative estimate of drug-likeness (QED) is 0.758. The van der Waals surface area contributed by atoms with Gasteiger partial charge in [0.25, 0.3) is 0 Å². The summed E-state index contributed by atoms with van der Waals surface area (Å²) >= 11 is 0. The summed E-state index contributed by atoms with van der Waals surface area (Å²) < 4.78 is 27.4. The van der Waals surface area contributed by atoms with Crippen LogP contribution in [0.5, 0.6) is 0 Å². The highest BCUT2D eigenvalue weighted by atomic mass is 19.1. The minimum absolute atomic E-state index is 0.0522. The molecule has 2 heterocycles. The van der Waals surface area contributed by atoms with Crippen molar-refractivity contribution in [2.75, 3.05) is 5.32 Å². The number of pyridine rings is 1. The van der Waals surface area contributed by atoms with Crippen LogP contribution in [0.1, 0.15) is 17.5 Å². The second-order valence-corrected chi connectivity index (χ2v) is 5.15. The number of benzene rings is 1. The Morgan fingerprint density at radius 3 is 3.00 bits per heavy atom. The molecule has 1 aliphatic carbocycles. The van der Waals surface area contributed by atoms with E-state index in [0.29, 0.717) is 0 Å². The van der Waals surface area contributed by atoms with Gasteiger partial charge in [-0.05, 0) is 42.5 Å². The van der Waals surface area contributed by atoms with Gasteiger partial charge in [-0.15, -0.1) is 0 Å². The van der Waals surface area contributed by atoms with Crippen LogP contribution in [0.2, 0.25) is 0 Å². The predicted octanol–water partition coefficient (Wildman–Crippen LogP) is 3.47. The van der Waals surface area contributed by atoms with Gasteiger partial charge in [0.2, 0.25) is 5.95 Å². The first-order chi connectivity index (χ1) is 10.2. The number of H-pyrrole nitrogens is 1. The molecule has 4 nitrogen and oxygen atoms in total. The second kappa shape index (κ2) is 4.51. The average Bonchev–Trinajstić information content (AvgIpc) is 3.08. The number of hydrogen-bond acceptors (Lipinski definition) is 3. The van der Waals surface area contributed by atoms with Crippen LogP contribution in [0.25, 0.3) is 11.0 Å². The van der Waals surface area contributed by atoms with E-state index in [4.69, 9.17) is 0 Å². The molecule has 2 aromatic heterocycles. The summed E-state index contributed by atoms with van der Waals surface area (Å²) in [5, 5.41) is 8.94. The van der Waals surface area contributed by atoms with Gasteiger partial charge in [-0.3, -0.25) is 5.10 Å². The van der Waals surface area contributed by atoms with E-state index < -0.39 is 11.8 Å². The molecule has 106 valence electrons. The SMILES string of the molecule is Fc1cc2c(F)[nH]nc2nc1Nc1cccc2c1CCC2. The zero-order chi connectivity index (χ0) is 14.4. The molecule has 0 saturated carbocycles. The number of anilines is 2. The highest BCUT2D eigenvalue weighted by molar-refractivity contribution is 5.78. The summed E-state index contributed by atoms with van der Waals surface area (Å²) in [6.45, 7) is 0. The molecule has 0 saturated heterocycles. The van der Waals surface area contributed by atoms with Crippen molar-refractivity contribution in [2.24, 2.45) is 0 Å². The lowest BCUT2D eigenvalue weighted by Gasteiger charge is -2.11. The summed E-state index contributed by atoms with van der Waals surface area (Å²) in [6.07, 6.45) is 3.12. The van der Waals surface area contributed by atoms with Crippen molar-refractivity contribution < 1.29 is 8.78 Å². The van der Waals surface area contributed by atoms with Crippen LogP contribution in [0.4, 0.5) is 20.3 Å². The fraction of sp³-hybridized carbons (Fsp3) is 0.200. The normalized spacial score (nSPS) is 13.6. The Morgan fingerprint density at radius 2 is 2.10 bits per heavy atom. The summed E-state index contributed by atoms with van der Waals surface area (Å²) in [5.41, 5.74) is 3.50. The van der Waals surface area contributed by atoms with E-state index in [1.807, 2.05) is 12.1 Å². The maximum absolute atomic E-state index is 14.1. The molecule has 0 bridgehead atoms. The van der Waals surface area contributed by atoms with Gasteiger partial charge in [0, 0.05) is 5.69 Å². The summed E-state index contributed by atoms with van der Waals surface area (Å²) in [7, 11) is 0. The largest absolute Gasteiger partial charge is 0.337 e. The van der Waals surface area contributed by atoms with Crippen molar-refractivity contribution in [2.45, 2.75) is 19.3 Å². The van der Waals surface area contributed by atoms with Gasteiger partial charge in [-0.1, -0.05) is 12.1 Å². The maximum Gasteiger partial charge on any atom is 0.218 e. The van der Waals surface area contributed by atoms with E-state index in [0.717, 1.165) is 31.0 Å². The van der Waals surface area contributed by atoms with Gasteiger partial charge >= 0.3 is 0 Å². The minimum atomic E-state index is -0.677. The van der Waals surface area contributed by atoms with Crippen molar-refractivity contribution in [3.63, 3.8) is 0 Å². The molecule has 2 N–H and O–H groups in total. The van der Waals surface area contributed by atoms with E-state index in [-0.39, 0.29) is 16.9 Å². The van der Waals surface area contributed by atoms with Crippen LogP contribution in [0.3, 0.4) is 0 Å². The lowest BCUT2D eigenvalue weighted by atomic mass is 10.1. The second-order valence-electron chi connectivity index (χ2n) is 5.15. The van der Waals surface area contributed by atoms with Crippen molar-refractivity contribution in [3.8, 4) is 0 Å². The van der Waals surface area contributed by atoms with Gasteiger partial charge < -0.3 is 5.32 Å². The van der Waals surface area contributed by atoms with Crippen molar-refractivity contribution in [1.29, 1.82) is 0 Å². The highest BCUT2D eigenvalue weighted by Crippen LogP contribution is 2.31. The Labute approximate surface area is 119 Å². The number of rotatable bonds is 2. The third-order valence-corrected chi connectivity index (χ3v) is 3.85. The smallest absolute Gasteiger partial charge is 0.218 e. The lowest BCUT2D eigenvalue weighted by molar-refractivity contribution is 0.586. The third-order valence-electron chi connectivity index (χ3n) is 3.85. The number of nitrogens with zero attached hydrogens (tertiary/aromatic N) is 2. The topological polar surface area (TPSA) is 53.6 Å². The van der Waals surface area contributed by atoms with E-state index in [2.05, 4.69) is 26.6 Å². The Kier molecular flexibility index (Phi) is 2.63. The maximum atomic E-state index is 14.1. The lowest BCUT2D eigenvalue weighted by Crippen LogP contribution is -2.00. The molecule has 0 spiro atoms.